The molecule has 4 heteroatoms. The average Bonchev–Trinajstić information content (AvgIpc) is 2.22. The standard InChI is InChI=1S/C5H9N.C4H8.2CHO.Ru/c1-4-5(2)6-3;1-4(2)3;2*1-2;/h5H,4H2,1-2H3;1H2,2-3H3;2*1H;/q;;2*-1;+3. The first-order chi connectivity index (χ1) is 6.54. The molecule has 3 nitrogen and oxygen atoms in total. The molecule has 0 saturated heterocycles. The van der Waals surface area contributed by atoms with E-state index in [1.54, 1.807) is 0 Å². The van der Waals surface area contributed by atoms with E-state index in [1.165, 1.54) is 5.57 Å². The molecule has 0 aliphatic heterocycles. The molecule has 0 rings (SSSR count). The van der Waals surface area contributed by atoms with Gasteiger partial charge in [-0.3, -0.25) is 13.6 Å². The minimum atomic E-state index is 0. The maximum Gasteiger partial charge on any atom is 3.00 e. The van der Waals surface area contributed by atoms with Crippen LogP contribution in [-0.4, -0.2) is 19.6 Å². The van der Waals surface area contributed by atoms with E-state index in [4.69, 9.17) is 16.2 Å². The number of rotatable bonds is 1. The zero-order valence-electron chi connectivity index (χ0n) is 9.76. The Bertz CT molecular complexity index is 149. The molecule has 0 aromatic carbocycles. The molecule has 1 unspecified atom stereocenters. The first-order valence-corrected chi connectivity index (χ1v) is 4.00. The summed E-state index contributed by atoms with van der Waals surface area (Å²) in [6.07, 6.45) is 0.976. The average molecular weight is 298 g/mol. The van der Waals surface area contributed by atoms with E-state index in [1.807, 2.05) is 27.7 Å². The van der Waals surface area contributed by atoms with E-state index in [-0.39, 0.29) is 25.5 Å². The van der Waals surface area contributed by atoms with Crippen molar-refractivity contribution in [2.24, 2.45) is 0 Å². The minimum Gasteiger partial charge on any atom is -0.545 e. The summed E-state index contributed by atoms with van der Waals surface area (Å²) in [6, 6.07) is 0.227. The van der Waals surface area contributed by atoms with Crippen LogP contribution in [0.2, 0.25) is 0 Å². The van der Waals surface area contributed by atoms with Crippen molar-refractivity contribution in [1.29, 1.82) is 0 Å². The Balaban J connectivity index is -0.0000000327. The number of carbonyl (C=O) groups excluding carboxylic acids is 2. The van der Waals surface area contributed by atoms with Crippen LogP contribution in [0.15, 0.2) is 12.2 Å². The molecule has 0 aromatic heterocycles. The number of nitrogens with zero attached hydrogens (tertiary/aromatic N) is 1. The molecule has 1 radical (unpaired) electrons. The van der Waals surface area contributed by atoms with Gasteiger partial charge in [0.25, 0.3) is 0 Å². The Morgan fingerprint density at radius 2 is 1.53 bits per heavy atom. The zero-order valence-corrected chi connectivity index (χ0v) is 11.5. The van der Waals surface area contributed by atoms with Crippen LogP contribution in [0.4, 0.5) is 0 Å². The molecule has 87 valence electrons. The second kappa shape index (κ2) is 37.9. The van der Waals surface area contributed by atoms with Gasteiger partial charge in [-0.05, 0) is 13.8 Å². The molecular weight excluding hydrogens is 279 g/mol. The third kappa shape index (κ3) is 162. The summed E-state index contributed by atoms with van der Waals surface area (Å²) in [5.74, 6) is 0. The van der Waals surface area contributed by atoms with Crippen molar-refractivity contribution in [3.63, 3.8) is 0 Å². The van der Waals surface area contributed by atoms with Crippen LogP contribution >= 0.6 is 0 Å². The zero-order chi connectivity index (χ0) is 12.6. The van der Waals surface area contributed by atoms with Gasteiger partial charge in [-0.2, -0.15) is 0 Å². The molecule has 0 aromatic rings. The summed E-state index contributed by atoms with van der Waals surface area (Å²) in [5.41, 5.74) is 1.17. The van der Waals surface area contributed by atoms with Crippen molar-refractivity contribution in [3.05, 3.63) is 23.6 Å². The fourth-order valence-electron chi connectivity index (χ4n) is 0.0913. The smallest absolute Gasteiger partial charge is 0.545 e. The summed E-state index contributed by atoms with van der Waals surface area (Å²) >= 11 is 0. The minimum absolute atomic E-state index is 0. The van der Waals surface area contributed by atoms with Crippen LogP contribution in [0, 0.1) is 6.57 Å². The van der Waals surface area contributed by atoms with Crippen LogP contribution in [0.25, 0.3) is 4.85 Å². The predicted molar refractivity (Wildman–Crippen MR) is 60.3 cm³/mol. The van der Waals surface area contributed by atoms with E-state index in [9.17, 15) is 0 Å². The van der Waals surface area contributed by atoms with Gasteiger partial charge in [-0.25, -0.2) is 6.57 Å². The Kier molecular flexibility index (Phi) is 73.9. The Morgan fingerprint density at radius 3 is 1.53 bits per heavy atom. The third-order valence-electron chi connectivity index (χ3n) is 0.811. The Labute approximate surface area is 107 Å². The van der Waals surface area contributed by atoms with Crippen molar-refractivity contribution >= 4 is 13.6 Å². The fraction of sp³-hybridized carbons (Fsp3) is 0.545. The molecule has 0 saturated carbocycles. The molecule has 0 spiro atoms. The van der Waals surface area contributed by atoms with E-state index >= 15 is 0 Å². The predicted octanol–water partition coefficient (Wildman–Crippen LogP) is 2.74. The Morgan fingerprint density at radius 1 is 1.33 bits per heavy atom. The number of allylic oxidation sites excluding steroid dienone is 1. The second-order valence-corrected chi connectivity index (χ2v) is 2.59. The molecule has 0 amide bonds. The quantitative estimate of drug-likeness (QED) is 0.323. The topological polar surface area (TPSA) is 38.5 Å². The summed E-state index contributed by atoms with van der Waals surface area (Å²) < 4.78 is 0. The van der Waals surface area contributed by atoms with Gasteiger partial charge in [0.2, 0.25) is 6.04 Å². The van der Waals surface area contributed by atoms with Gasteiger partial charge >= 0.3 is 19.5 Å². The number of hydrogen-bond donors (Lipinski definition) is 0. The molecule has 0 aliphatic rings. The van der Waals surface area contributed by atoms with Crippen LogP contribution in [0.1, 0.15) is 34.1 Å². The van der Waals surface area contributed by atoms with E-state index in [2.05, 4.69) is 25.0 Å². The van der Waals surface area contributed by atoms with Crippen molar-refractivity contribution < 1.29 is 29.1 Å². The summed E-state index contributed by atoms with van der Waals surface area (Å²) in [4.78, 5) is 18.8. The SMILES string of the molecule is C=C(C)C.[C-]#[N+]C(C)CC.[CH-]=O.[CH-]=O.[Ru+3]. The maximum absolute atomic E-state index is 7.75. The second-order valence-electron chi connectivity index (χ2n) is 2.59. The van der Waals surface area contributed by atoms with Crippen LogP contribution in [-0.2, 0) is 29.1 Å². The van der Waals surface area contributed by atoms with Crippen LogP contribution in [0.3, 0.4) is 0 Å². The molecule has 0 bridgehead atoms. The largest absolute Gasteiger partial charge is 3.00 e. The summed E-state index contributed by atoms with van der Waals surface area (Å²) in [5, 5.41) is 0. The van der Waals surface area contributed by atoms with E-state index in [0.29, 0.717) is 0 Å². The van der Waals surface area contributed by atoms with Gasteiger partial charge < -0.3 is 14.4 Å². The van der Waals surface area contributed by atoms with Crippen molar-refractivity contribution in [2.45, 2.75) is 40.2 Å². The summed E-state index contributed by atoms with van der Waals surface area (Å²) in [6.45, 7) is 24.4. The van der Waals surface area contributed by atoms with Gasteiger partial charge in [0.15, 0.2) is 0 Å². The van der Waals surface area contributed by atoms with Gasteiger partial charge in [-0.1, -0.05) is 12.5 Å². The van der Waals surface area contributed by atoms with E-state index in [0.717, 1.165) is 6.42 Å². The van der Waals surface area contributed by atoms with Gasteiger partial charge in [-0.15, -0.1) is 6.58 Å². The van der Waals surface area contributed by atoms with Crippen molar-refractivity contribution in [3.8, 4) is 0 Å². The normalized spacial score (nSPS) is 7.40. The molecule has 0 aliphatic carbocycles. The van der Waals surface area contributed by atoms with Crippen LogP contribution < -0.4 is 0 Å². The molecular formula is C11H19NO2Ru+. The Hall–Kier alpha value is -0.807. The van der Waals surface area contributed by atoms with Gasteiger partial charge in [0, 0.05) is 13.3 Å². The van der Waals surface area contributed by atoms with Gasteiger partial charge in [0.05, 0.1) is 0 Å². The van der Waals surface area contributed by atoms with Crippen molar-refractivity contribution in [2.75, 3.05) is 0 Å². The monoisotopic (exact) mass is 299 g/mol. The fourth-order valence-corrected chi connectivity index (χ4v) is 0.0913. The first-order valence-electron chi connectivity index (χ1n) is 4.00. The first kappa shape index (κ1) is 29.2. The molecule has 0 fully saturated rings. The molecule has 0 heterocycles. The molecule has 15 heavy (non-hydrogen) atoms. The van der Waals surface area contributed by atoms with Crippen molar-refractivity contribution in [1.82, 2.24) is 0 Å². The third-order valence-corrected chi connectivity index (χ3v) is 0.811. The summed E-state index contributed by atoms with van der Waals surface area (Å²) in [7, 11) is 0. The van der Waals surface area contributed by atoms with E-state index < -0.39 is 0 Å². The molecule has 0 N–H and O–H groups in total. The molecule has 1 atom stereocenters. The number of hydrogen-bond acceptors (Lipinski definition) is 2. The van der Waals surface area contributed by atoms with Crippen LogP contribution in [0.5, 0.6) is 0 Å². The van der Waals surface area contributed by atoms with Gasteiger partial charge in [0.1, 0.15) is 0 Å². The maximum atomic E-state index is 7.75.